The number of carbonyl (C=O) groups excluding carboxylic acids is 1. The minimum absolute atomic E-state index is 0.105. The summed E-state index contributed by atoms with van der Waals surface area (Å²) in [6, 6.07) is 0. The Labute approximate surface area is 98.9 Å². The Kier molecular flexibility index (Phi) is 4.15. The van der Waals surface area contributed by atoms with E-state index in [-0.39, 0.29) is 9.45 Å². The highest BCUT2D eigenvalue weighted by Crippen LogP contribution is 2.25. The Hall–Kier alpha value is 0.120. The molecule has 0 bridgehead atoms. The van der Waals surface area contributed by atoms with Gasteiger partial charge in [-0.25, -0.2) is 0 Å². The third-order valence-corrected chi connectivity index (χ3v) is 3.48. The van der Waals surface area contributed by atoms with E-state index in [4.69, 9.17) is 5.73 Å². The van der Waals surface area contributed by atoms with Crippen molar-refractivity contribution in [3.8, 4) is 0 Å². The van der Waals surface area contributed by atoms with Crippen molar-refractivity contribution < 1.29 is 4.79 Å². The number of alkyl halides is 1. The molecular formula is C9H18IN3O. The number of nitrogens with zero attached hydrogens (tertiary/aromatic N) is 2. The van der Waals surface area contributed by atoms with Crippen LogP contribution in [0.3, 0.4) is 0 Å². The third-order valence-electron chi connectivity index (χ3n) is 2.40. The lowest BCUT2D eigenvalue weighted by molar-refractivity contribution is -0.132. The van der Waals surface area contributed by atoms with E-state index in [0.29, 0.717) is 6.54 Å². The summed E-state index contributed by atoms with van der Waals surface area (Å²) in [4.78, 5) is 15.5. The summed E-state index contributed by atoms with van der Waals surface area (Å²) in [6.07, 6.45) is 1.79. The van der Waals surface area contributed by atoms with E-state index in [1.165, 1.54) is 0 Å². The molecule has 0 unspecified atom stereocenters. The first-order chi connectivity index (χ1) is 6.41. The summed E-state index contributed by atoms with van der Waals surface area (Å²) in [7, 11) is 3.82. The lowest BCUT2D eigenvalue weighted by Crippen LogP contribution is -2.49. The van der Waals surface area contributed by atoms with Crippen molar-refractivity contribution in [3.63, 3.8) is 0 Å². The minimum Gasteiger partial charge on any atom is -0.341 e. The number of piperidine rings is 1. The fraction of sp³-hybridized carbons (Fsp3) is 0.889. The van der Waals surface area contributed by atoms with E-state index in [9.17, 15) is 4.79 Å². The molecule has 0 saturated carbocycles. The monoisotopic (exact) mass is 311 g/mol. The van der Waals surface area contributed by atoms with Crippen LogP contribution in [0.4, 0.5) is 0 Å². The Morgan fingerprint density at radius 3 is 2.43 bits per heavy atom. The van der Waals surface area contributed by atoms with Gasteiger partial charge in [0.1, 0.15) is 0 Å². The van der Waals surface area contributed by atoms with Crippen LogP contribution in [0.5, 0.6) is 0 Å². The first-order valence-electron chi connectivity index (χ1n) is 4.81. The number of halogens is 1. The highest BCUT2D eigenvalue weighted by molar-refractivity contribution is 14.1. The minimum atomic E-state index is -0.105. The van der Waals surface area contributed by atoms with Crippen LogP contribution < -0.4 is 5.73 Å². The zero-order chi connectivity index (χ0) is 10.8. The summed E-state index contributed by atoms with van der Waals surface area (Å²) in [6.45, 7) is 2.09. The average molecular weight is 311 g/mol. The Morgan fingerprint density at radius 2 is 2.00 bits per heavy atom. The summed E-state index contributed by atoms with van der Waals surface area (Å²) >= 11 is 2.28. The number of amides is 1. The Bertz CT molecular complexity index is 208. The van der Waals surface area contributed by atoms with Crippen LogP contribution >= 0.6 is 22.6 Å². The van der Waals surface area contributed by atoms with Gasteiger partial charge in [0.2, 0.25) is 5.91 Å². The largest absolute Gasteiger partial charge is 0.341 e. The Balaban J connectivity index is 2.38. The molecule has 1 rings (SSSR count). The highest BCUT2D eigenvalue weighted by Gasteiger charge is 2.29. The van der Waals surface area contributed by atoms with Crippen LogP contribution in [0.2, 0.25) is 0 Å². The van der Waals surface area contributed by atoms with Gasteiger partial charge in [-0.3, -0.25) is 4.79 Å². The molecule has 0 aromatic rings. The van der Waals surface area contributed by atoms with E-state index in [0.717, 1.165) is 25.9 Å². The molecule has 2 N–H and O–H groups in total. The molecule has 5 heteroatoms. The van der Waals surface area contributed by atoms with E-state index in [2.05, 4.69) is 22.6 Å². The number of hydrogen-bond acceptors (Lipinski definition) is 3. The summed E-state index contributed by atoms with van der Waals surface area (Å²) in [5.74, 6) is 0.210. The molecule has 1 heterocycles. The average Bonchev–Trinajstić information content (AvgIpc) is 2.02. The second kappa shape index (κ2) is 4.76. The Morgan fingerprint density at radius 1 is 1.50 bits per heavy atom. The number of carbonyl (C=O) groups is 1. The molecule has 14 heavy (non-hydrogen) atoms. The van der Waals surface area contributed by atoms with Gasteiger partial charge in [-0.15, -0.1) is 0 Å². The molecule has 0 aliphatic carbocycles. The zero-order valence-corrected chi connectivity index (χ0v) is 11.0. The number of likely N-dealkylation sites (tertiary alicyclic amines) is 1. The van der Waals surface area contributed by atoms with Gasteiger partial charge in [0.05, 0.1) is 10.1 Å². The molecule has 0 aromatic carbocycles. The number of likely N-dealkylation sites (N-methyl/N-ethyl adjacent to an activating group) is 1. The second-order valence-corrected chi connectivity index (χ2v) is 6.30. The zero-order valence-electron chi connectivity index (χ0n) is 8.79. The summed E-state index contributed by atoms with van der Waals surface area (Å²) < 4.78 is -0.105. The summed E-state index contributed by atoms with van der Waals surface area (Å²) in [5, 5.41) is 0. The maximum absolute atomic E-state index is 11.7. The van der Waals surface area contributed by atoms with Gasteiger partial charge >= 0.3 is 0 Å². The van der Waals surface area contributed by atoms with Crippen molar-refractivity contribution in [1.29, 1.82) is 0 Å². The van der Waals surface area contributed by atoms with Crippen molar-refractivity contribution in [3.05, 3.63) is 0 Å². The summed E-state index contributed by atoms with van der Waals surface area (Å²) in [5.41, 5.74) is 5.98. The molecule has 4 nitrogen and oxygen atoms in total. The molecule has 1 fully saturated rings. The lowest BCUT2D eigenvalue weighted by atomic mass is 10.1. The van der Waals surface area contributed by atoms with Crippen molar-refractivity contribution in [2.45, 2.75) is 16.4 Å². The van der Waals surface area contributed by atoms with Crippen molar-refractivity contribution >= 4 is 28.5 Å². The van der Waals surface area contributed by atoms with Crippen LogP contribution in [-0.2, 0) is 4.79 Å². The molecule has 0 radical (unpaired) electrons. The maximum Gasteiger partial charge on any atom is 0.236 e. The predicted molar refractivity (Wildman–Crippen MR) is 65.3 cm³/mol. The third kappa shape index (κ3) is 3.70. The molecule has 0 spiro atoms. The van der Waals surface area contributed by atoms with Crippen LogP contribution in [0.15, 0.2) is 0 Å². The van der Waals surface area contributed by atoms with Crippen LogP contribution in [-0.4, -0.2) is 53.0 Å². The smallest absolute Gasteiger partial charge is 0.236 e. The van der Waals surface area contributed by atoms with Gasteiger partial charge in [0.15, 0.2) is 0 Å². The first-order valence-corrected chi connectivity index (χ1v) is 5.89. The molecular weight excluding hydrogens is 293 g/mol. The molecule has 0 atom stereocenters. The first kappa shape index (κ1) is 12.2. The van der Waals surface area contributed by atoms with Crippen LogP contribution in [0.25, 0.3) is 0 Å². The lowest BCUT2D eigenvalue weighted by Gasteiger charge is -2.35. The van der Waals surface area contributed by atoms with E-state index >= 15 is 0 Å². The predicted octanol–water partition coefficient (Wildman–Crippen LogP) is 0.260. The van der Waals surface area contributed by atoms with Gasteiger partial charge in [0.25, 0.3) is 0 Å². The van der Waals surface area contributed by atoms with Gasteiger partial charge in [0, 0.05) is 13.1 Å². The van der Waals surface area contributed by atoms with Crippen molar-refractivity contribution in [1.82, 2.24) is 9.80 Å². The molecule has 0 aromatic heterocycles. The number of hydrogen-bond donors (Lipinski definition) is 1. The SMILES string of the molecule is CN(C)CC(=O)N1CCC(N)(I)CC1. The molecule has 1 saturated heterocycles. The van der Waals surface area contributed by atoms with E-state index in [1.54, 1.807) is 0 Å². The molecule has 1 amide bonds. The van der Waals surface area contributed by atoms with E-state index in [1.807, 2.05) is 23.9 Å². The van der Waals surface area contributed by atoms with Crippen molar-refractivity contribution in [2.24, 2.45) is 5.73 Å². The van der Waals surface area contributed by atoms with Crippen LogP contribution in [0, 0.1) is 0 Å². The number of nitrogens with two attached hydrogens (primary N) is 1. The number of rotatable bonds is 2. The normalized spacial score (nSPS) is 21.4. The fourth-order valence-corrected chi connectivity index (χ4v) is 1.98. The molecule has 1 aliphatic rings. The van der Waals surface area contributed by atoms with Gasteiger partial charge in [-0.2, -0.15) is 0 Å². The van der Waals surface area contributed by atoms with Gasteiger partial charge in [-0.1, -0.05) is 22.6 Å². The molecule has 82 valence electrons. The fourth-order valence-electron chi connectivity index (χ4n) is 1.50. The van der Waals surface area contributed by atoms with Gasteiger partial charge < -0.3 is 15.5 Å². The van der Waals surface area contributed by atoms with E-state index < -0.39 is 0 Å². The topological polar surface area (TPSA) is 49.6 Å². The quantitative estimate of drug-likeness (QED) is 0.452. The van der Waals surface area contributed by atoms with Crippen molar-refractivity contribution in [2.75, 3.05) is 33.7 Å². The highest BCUT2D eigenvalue weighted by atomic mass is 127. The molecule has 1 aliphatic heterocycles. The standard InChI is InChI=1S/C9H18IN3O/c1-12(2)7-8(14)13-5-3-9(10,11)4-6-13/h3-7,11H2,1-2H3. The van der Waals surface area contributed by atoms with Crippen LogP contribution in [0.1, 0.15) is 12.8 Å². The second-order valence-electron chi connectivity index (χ2n) is 4.15. The maximum atomic E-state index is 11.7. The van der Waals surface area contributed by atoms with Gasteiger partial charge in [-0.05, 0) is 26.9 Å².